The van der Waals surface area contributed by atoms with Crippen LogP contribution >= 0.6 is 0 Å². The molecule has 5 fully saturated rings. The van der Waals surface area contributed by atoms with Crippen molar-refractivity contribution in [2.45, 2.75) is 82.8 Å². The topological polar surface area (TPSA) is 66.4 Å². The number of aliphatic hydroxyl groups excluding tert-OH is 1. The molecular weight excluding hydrogens is 300 g/mol. The Hall–Kier alpha value is -0.240. The zero-order valence-corrected chi connectivity index (χ0v) is 13.9. The maximum atomic E-state index is 10.6. The summed E-state index contributed by atoms with van der Waals surface area (Å²) < 4.78 is 30.1. The summed E-state index contributed by atoms with van der Waals surface area (Å²) in [7, 11) is 0. The Labute approximate surface area is 136 Å². The molecule has 0 amide bonds. The van der Waals surface area contributed by atoms with Crippen LogP contribution in [0.25, 0.3) is 0 Å². The van der Waals surface area contributed by atoms with Gasteiger partial charge in [0.2, 0.25) is 0 Å². The van der Waals surface area contributed by atoms with Gasteiger partial charge < -0.3 is 28.8 Å². The van der Waals surface area contributed by atoms with Gasteiger partial charge in [0, 0.05) is 5.41 Å². The van der Waals surface area contributed by atoms with Gasteiger partial charge in [-0.2, -0.15) is 0 Å². The van der Waals surface area contributed by atoms with Gasteiger partial charge in [0.15, 0.2) is 18.4 Å². The number of fused-ring (bicyclic) bond motifs is 4. The first-order valence-corrected chi connectivity index (χ1v) is 8.87. The third-order valence-electron chi connectivity index (χ3n) is 6.59. The molecule has 0 radical (unpaired) electrons. The predicted octanol–water partition coefficient (Wildman–Crippen LogP) is 1.40. The molecule has 3 saturated heterocycles. The Morgan fingerprint density at radius 2 is 1.87 bits per heavy atom. The van der Waals surface area contributed by atoms with Crippen LogP contribution in [-0.2, 0) is 23.7 Å². The third-order valence-corrected chi connectivity index (χ3v) is 6.59. The minimum absolute atomic E-state index is 0.111. The molecule has 0 aromatic heterocycles. The number of aliphatic hydroxyl groups is 1. The fraction of sp³-hybridized carbons (Fsp3) is 1.00. The molecule has 1 spiro atoms. The molecule has 2 aliphatic carbocycles. The standard InChI is InChI=1S/C17H26O6/c1-8-19-7-11(20-8)13-17(6-9-4-5-10(18)12(9)17)14-15(21-13)23-16(2,3)22-14/h8-15,18H,4-7H2,1-3H3/t8?,9-,10+,11-,12+,13+,14-,15+,17+/m0/s1. The van der Waals surface area contributed by atoms with E-state index in [2.05, 4.69) is 0 Å². The van der Waals surface area contributed by atoms with Crippen LogP contribution in [0.5, 0.6) is 0 Å². The lowest BCUT2D eigenvalue weighted by Gasteiger charge is -2.56. The van der Waals surface area contributed by atoms with Crippen LogP contribution in [0.3, 0.4) is 0 Å². The van der Waals surface area contributed by atoms with E-state index < -0.39 is 5.79 Å². The van der Waals surface area contributed by atoms with Gasteiger partial charge in [-0.05, 0) is 51.9 Å². The van der Waals surface area contributed by atoms with Crippen LogP contribution in [0.4, 0.5) is 0 Å². The molecule has 0 aromatic carbocycles. The van der Waals surface area contributed by atoms with Crippen molar-refractivity contribution in [3.63, 3.8) is 0 Å². The third kappa shape index (κ3) is 1.91. The summed E-state index contributed by atoms with van der Waals surface area (Å²) in [6, 6.07) is 0. The molecule has 0 bridgehead atoms. The van der Waals surface area contributed by atoms with Gasteiger partial charge in [-0.1, -0.05) is 0 Å². The van der Waals surface area contributed by atoms with Gasteiger partial charge in [-0.3, -0.25) is 0 Å². The molecule has 1 unspecified atom stereocenters. The van der Waals surface area contributed by atoms with Gasteiger partial charge in [-0.15, -0.1) is 0 Å². The van der Waals surface area contributed by atoms with Crippen molar-refractivity contribution in [1.82, 2.24) is 0 Å². The van der Waals surface area contributed by atoms with Crippen molar-refractivity contribution < 1.29 is 28.8 Å². The molecule has 3 heterocycles. The van der Waals surface area contributed by atoms with E-state index in [-0.39, 0.29) is 48.3 Å². The summed E-state index contributed by atoms with van der Waals surface area (Å²) in [5.74, 6) is 0.156. The lowest BCUT2D eigenvalue weighted by atomic mass is 9.49. The van der Waals surface area contributed by atoms with Crippen molar-refractivity contribution in [2.24, 2.45) is 17.3 Å². The highest BCUT2D eigenvalue weighted by Crippen LogP contribution is 2.69. The van der Waals surface area contributed by atoms with Crippen LogP contribution in [0.2, 0.25) is 0 Å². The van der Waals surface area contributed by atoms with Crippen LogP contribution in [0, 0.1) is 17.3 Å². The molecule has 3 aliphatic heterocycles. The fourth-order valence-corrected chi connectivity index (χ4v) is 5.90. The second-order valence-corrected chi connectivity index (χ2v) is 8.30. The number of hydrogen-bond donors (Lipinski definition) is 1. The first kappa shape index (κ1) is 15.0. The first-order chi connectivity index (χ1) is 10.9. The van der Waals surface area contributed by atoms with E-state index in [0.717, 1.165) is 19.3 Å². The van der Waals surface area contributed by atoms with Gasteiger partial charge >= 0.3 is 0 Å². The van der Waals surface area contributed by atoms with E-state index >= 15 is 0 Å². The van der Waals surface area contributed by atoms with Crippen LogP contribution in [0.1, 0.15) is 40.0 Å². The molecule has 9 atom stereocenters. The zero-order valence-electron chi connectivity index (χ0n) is 13.9. The number of rotatable bonds is 1. The van der Waals surface area contributed by atoms with Crippen LogP contribution in [-0.4, -0.2) is 54.5 Å². The highest BCUT2D eigenvalue weighted by molar-refractivity contribution is 5.20. The smallest absolute Gasteiger partial charge is 0.188 e. The highest BCUT2D eigenvalue weighted by atomic mass is 16.8. The van der Waals surface area contributed by atoms with Crippen molar-refractivity contribution in [3.05, 3.63) is 0 Å². The Morgan fingerprint density at radius 1 is 1.04 bits per heavy atom. The molecule has 2 saturated carbocycles. The van der Waals surface area contributed by atoms with E-state index in [1.54, 1.807) is 0 Å². The lowest BCUT2D eigenvalue weighted by Crippen LogP contribution is -2.62. The van der Waals surface area contributed by atoms with Crippen molar-refractivity contribution >= 4 is 0 Å². The Bertz CT molecular complexity index is 503. The average Bonchev–Trinajstić information content (AvgIpc) is 3.12. The SMILES string of the molecule is CC1OC[C@@H]([C@H]2O[C@@H]3OC(C)(C)O[C@@H]3[C@@]23C[C@@H]2CC[C@@H](O)[C@@H]23)O1. The molecule has 6 heteroatoms. The number of hydrogen-bond acceptors (Lipinski definition) is 6. The van der Waals surface area contributed by atoms with Crippen molar-refractivity contribution in [3.8, 4) is 0 Å². The molecule has 5 aliphatic rings. The van der Waals surface area contributed by atoms with Gasteiger partial charge in [0.05, 0.1) is 18.8 Å². The van der Waals surface area contributed by atoms with E-state index in [0.29, 0.717) is 12.5 Å². The molecule has 6 nitrogen and oxygen atoms in total. The summed E-state index contributed by atoms with van der Waals surface area (Å²) >= 11 is 0. The summed E-state index contributed by atoms with van der Waals surface area (Å²) in [6.07, 6.45) is 1.78. The molecule has 1 N–H and O–H groups in total. The summed E-state index contributed by atoms with van der Waals surface area (Å²) in [5, 5.41) is 10.6. The largest absolute Gasteiger partial charge is 0.393 e. The molecular formula is C17H26O6. The normalized spacial score (nSPS) is 60.0. The second-order valence-electron chi connectivity index (χ2n) is 8.30. The van der Waals surface area contributed by atoms with Gasteiger partial charge in [0.1, 0.15) is 12.2 Å². The van der Waals surface area contributed by atoms with E-state index in [1.807, 2.05) is 20.8 Å². The highest BCUT2D eigenvalue weighted by Gasteiger charge is 2.75. The average molecular weight is 326 g/mol. The van der Waals surface area contributed by atoms with E-state index in [4.69, 9.17) is 23.7 Å². The summed E-state index contributed by atoms with van der Waals surface area (Å²) in [4.78, 5) is 0. The Kier molecular flexibility index (Phi) is 3.06. The minimum Gasteiger partial charge on any atom is -0.393 e. The summed E-state index contributed by atoms with van der Waals surface area (Å²) in [5.41, 5.74) is -0.211. The van der Waals surface area contributed by atoms with Gasteiger partial charge in [0.25, 0.3) is 0 Å². The van der Waals surface area contributed by atoms with E-state index in [1.165, 1.54) is 0 Å². The summed E-state index contributed by atoms with van der Waals surface area (Å²) in [6.45, 7) is 6.29. The van der Waals surface area contributed by atoms with Crippen LogP contribution < -0.4 is 0 Å². The second kappa shape index (κ2) is 4.68. The van der Waals surface area contributed by atoms with E-state index in [9.17, 15) is 5.11 Å². The predicted molar refractivity (Wildman–Crippen MR) is 78.3 cm³/mol. The minimum atomic E-state index is -0.637. The fourth-order valence-electron chi connectivity index (χ4n) is 5.90. The zero-order chi connectivity index (χ0) is 16.0. The van der Waals surface area contributed by atoms with Crippen LogP contribution in [0.15, 0.2) is 0 Å². The molecule has 130 valence electrons. The molecule has 23 heavy (non-hydrogen) atoms. The van der Waals surface area contributed by atoms with Crippen molar-refractivity contribution in [1.29, 1.82) is 0 Å². The maximum absolute atomic E-state index is 10.6. The van der Waals surface area contributed by atoms with Crippen molar-refractivity contribution in [2.75, 3.05) is 6.61 Å². The quantitative estimate of drug-likeness (QED) is 0.786. The lowest BCUT2D eigenvalue weighted by molar-refractivity contribution is -0.260. The maximum Gasteiger partial charge on any atom is 0.188 e. The molecule has 0 aromatic rings. The first-order valence-electron chi connectivity index (χ1n) is 8.87. The monoisotopic (exact) mass is 326 g/mol. The number of ether oxygens (including phenoxy) is 5. The Morgan fingerprint density at radius 3 is 2.57 bits per heavy atom. The Balaban J connectivity index is 1.50. The molecule has 5 rings (SSSR count). The van der Waals surface area contributed by atoms with Gasteiger partial charge in [-0.25, -0.2) is 0 Å².